The van der Waals surface area contributed by atoms with E-state index in [1.54, 1.807) is 11.0 Å². The van der Waals surface area contributed by atoms with E-state index in [1.165, 1.54) is 42.6 Å². The number of anilines is 2. The van der Waals surface area contributed by atoms with Crippen LogP contribution in [0, 0.1) is 5.82 Å². The molecule has 1 aliphatic heterocycles. The van der Waals surface area contributed by atoms with Gasteiger partial charge in [-0.1, -0.05) is 5.16 Å². The summed E-state index contributed by atoms with van der Waals surface area (Å²) in [5, 5.41) is 7.32. The fraction of sp³-hybridized carbons (Fsp3) is 0.200. The summed E-state index contributed by atoms with van der Waals surface area (Å²) in [6, 6.07) is 9.91. The third kappa shape index (κ3) is 3.82. The van der Waals surface area contributed by atoms with Crippen LogP contribution < -0.4 is 10.6 Å². The Morgan fingerprint density at radius 1 is 1.03 bits per heavy atom. The third-order valence-corrected chi connectivity index (χ3v) is 6.52. The Balaban J connectivity index is 1.48. The average molecular weight is 525 g/mol. The average Bonchev–Trinajstić information content (AvgIpc) is 3.46. The highest BCUT2D eigenvalue weighted by Gasteiger charge is 2.38. The molecule has 0 bridgehead atoms. The van der Waals surface area contributed by atoms with E-state index in [2.05, 4.69) is 15.2 Å². The van der Waals surface area contributed by atoms with E-state index < -0.39 is 23.1 Å². The summed E-state index contributed by atoms with van der Waals surface area (Å²) in [4.78, 5) is 20.2. The van der Waals surface area contributed by atoms with Gasteiger partial charge >= 0.3 is 6.18 Å². The number of halogens is 4. The van der Waals surface area contributed by atoms with Gasteiger partial charge in [0.15, 0.2) is 22.9 Å². The van der Waals surface area contributed by atoms with Crippen LogP contribution in [0.2, 0.25) is 0 Å². The van der Waals surface area contributed by atoms with Crippen LogP contribution in [-0.2, 0) is 11.0 Å². The van der Waals surface area contributed by atoms with Gasteiger partial charge in [-0.25, -0.2) is 9.07 Å². The van der Waals surface area contributed by atoms with Gasteiger partial charge in [-0.2, -0.15) is 18.3 Å². The minimum atomic E-state index is -4.83. The first kappa shape index (κ1) is 23.9. The Hall–Kier alpha value is -4.52. The lowest BCUT2D eigenvalue weighted by Gasteiger charge is -2.31. The predicted octanol–water partition coefficient (Wildman–Crippen LogP) is 4.25. The molecule has 194 valence electrons. The number of nitrogen functional groups attached to an aromatic ring is 1. The molecule has 0 spiro atoms. The summed E-state index contributed by atoms with van der Waals surface area (Å²) < 4.78 is 63.5. The van der Waals surface area contributed by atoms with Gasteiger partial charge in [-0.3, -0.25) is 14.7 Å². The molecule has 38 heavy (non-hydrogen) atoms. The number of amides is 1. The lowest BCUT2D eigenvalue weighted by atomic mass is 10.1. The van der Waals surface area contributed by atoms with Gasteiger partial charge in [0.05, 0.1) is 35.2 Å². The number of aromatic nitrogens is 4. The van der Waals surface area contributed by atoms with Crippen LogP contribution in [-0.4, -0.2) is 57.4 Å². The normalized spacial score (nSPS) is 15.2. The zero-order valence-corrected chi connectivity index (χ0v) is 19.8. The lowest BCUT2D eigenvalue weighted by Crippen LogP contribution is -2.48. The highest BCUT2D eigenvalue weighted by Crippen LogP contribution is 2.39. The number of hydrogen-bond acceptors (Lipinski definition) is 7. The second-order valence-electron chi connectivity index (χ2n) is 9.01. The highest BCUT2D eigenvalue weighted by molar-refractivity contribution is 5.96. The number of alkyl halides is 3. The fourth-order valence-corrected chi connectivity index (χ4v) is 4.61. The molecule has 9 nitrogen and oxygen atoms in total. The maximum Gasteiger partial charge on any atom is 0.435 e. The molecular formula is C25H19F4N7O2. The number of benzene rings is 2. The van der Waals surface area contributed by atoms with Crippen LogP contribution in [0.4, 0.5) is 29.1 Å². The van der Waals surface area contributed by atoms with Crippen molar-refractivity contribution in [2.45, 2.75) is 6.18 Å². The zero-order chi connectivity index (χ0) is 26.8. The van der Waals surface area contributed by atoms with Crippen LogP contribution in [0.3, 0.4) is 0 Å². The van der Waals surface area contributed by atoms with Gasteiger partial charge in [-0.05, 0) is 49.5 Å². The molecule has 2 N–H and O–H groups in total. The van der Waals surface area contributed by atoms with E-state index >= 15 is 4.39 Å². The Labute approximate surface area is 212 Å². The minimum Gasteiger partial charge on any atom is -0.380 e. The largest absolute Gasteiger partial charge is 0.435 e. The molecule has 1 fully saturated rings. The SMILES string of the molecule is CN1CCN(c2ccc(-c3ccc4c(C(F)(F)F)nn(-c5ccc6onc(N)c6c5)c4c3F)nc2)C(=O)C1. The van der Waals surface area contributed by atoms with E-state index in [-0.39, 0.29) is 40.7 Å². The van der Waals surface area contributed by atoms with Gasteiger partial charge in [0.1, 0.15) is 5.52 Å². The monoisotopic (exact) mass is 525 g/mol. The van der Waals surface area contributed by atoms with Gasteiger partial charge in [0.25, 0.3) is 0 Å². The van der Waals surface area contributed by atoms with Gasteiger partial charge in [0, 0.05) is 24.0 Å². The first-order valence-electron chi connectivity index (χ1n) is 11.5. The standard InChI is InChI=1S/C25H19F4N7O2/c1-34-8-9-35(20(37)12-34)14-2-6-18(31-11-14)15-4-5-16-22(21(15)26)36(32-23(16)25(27,28)29)13-3-7-19-17(10-13)24(30)33-38-19/h2-7,10-11H,8-9,12H2,1H3,(H2,30,33). The number of likely N-dealkylation sites (N-methyl/N-ethyl adjacent to an activating group) is 1. The Morgan fingerprint density at radius 3 is 2.53 bits per heavy atom. The van der Waals surface area contributed by atoms with Gasteiger partial charge in [0.2, 0.25) is 5.91 Å². The number of nitrogens with zero attached hydrogens (tertiary/aromatic N) is 6. The second-order valence-corrected chi connectivity index (χ2v) is 9.01. The molecule has 0 aliphatic carbocycles. The van der Waals surface area contributed by atoms with Crippen molar-refractivity contribution in [2.75, 3.05) is 37.3 Å². The number of hydrogen-bond donors (Lipinski definition) is 1. The van der Waals surface area contributed by atoms with E-state index in [0.717, 1.165) is 4.68 Å². The summed E-state index contributed by atoms with van der Waals surface area (Å²) in [5.74, 6) is -0.978. The molecule has 0 radical (unpaired) electrons. The Kier molecular flexibility index (Phi) is 5.35. The van der Waals surface area contributed by atoms with E-state index in [0.29, 0.717) is 29.7 Å². The molecule has 1 saturated heterocycles. The Morgan fingerprint density at radius 2 is 1.82 bits per heavy atom. The van der Waals surface area contributed by atoms with E-state index in [9.17, 15) is 18.0 Å². The molecule has 1 aliphatic rings. The second kappa shape index (κ2) is 8.52. The lowest BCUT2D eigenvalue weighted by molar-refractivity contribution is -0.140. The topological polar surface area (TPSA) is 106 Å². The van der Waals surface area contributed by atoms with Crippen LogP contribution >= 0.6 is 0 Å². The molecule has 0 unspecified atom stereocenters. The smallest absolute Gasteiger partial charge is 0.380 e. The van der Waals surface area contributed by atoms with Crippen LogP contribution in [0.15, 0.2) is 53.2 Å². The summed E-state index contributed by atoms with van der Waals surface area (Å²) >= 11 is 0. The first-order valence-corrected chi connectivity index (χ1v) is 11.5. The van der Waals surface area contributed by atoms with Crippen LogP contribution in [0.1, 0.15) is 5.69 Å². The molecular weight excluding hydrogens is 506 g/mol. The molecule has 2 aromatic carbocycles. The number of rotatable bonds is 3. The predicted molar refractivity (Wildman–Crippen MR) is 131 cm³/mol. The molecule has 0 atom stereocenters. The maximum absolute atomic E-state index is 16.0. The quantitative estimate of drug-likeness (QED) is 0.351. The summed E-state index contributed by atoms with van der Waals surface area (Å²) in [6.07, 6.45) is -3.38. The molecule has 3 aromatic heterocycles. The molecule has 13 heteroatoms. The number of carbonyl (C=O) groups is 1. The number of pyridine rings is 1. The van der Waals surface area contributed by atoms with E-state index in [4.69, 9.17) is 10.3 Å². The van der Waals surface area contributed by atoms with Crippen molar-refractivity contribution in [3.8, 4) is 16.9 Å². The van der Waals surface area contributed by atoms with Crippen molar-refractivity contribution in [1.29, 1.82) is 0 Å². The molecule has 6 rings (SSSR count). The van der Waals surface area contributed by atoms with Crippen molar-refractivity contribution in [2.24, 2.45) is 0 Å². The van der Waals surface area contributed by atoms with Crippen molar-refractivity contribution in [3.63, 3.8) is 0 Å². The molecule has 4 heterocycles. The summed E-state index contributed by atoms with van der Waals surface area (Å²) in [6.45, 7) is 1.44. The maximum atomic E-state index is 16.0. The van der Waals surface area contributed by atoms with Gasteiger partial charge in [-0.15, -0.1) is 0 Å². The summed E-state index contributed by atoms with van der Waals surface area (Å²) in [7, 11) is 1.85. The van der Waals surface area contributed by atoms with Crippen molar-refractivity contribution in [1.82, 2.24) is 24.8 Å². The first-order chi connectivity index (χ1) is 18.1. The van der Waals surface area contributed by atoms with E-state index in [1.807, 2.05) is 11.9 Å². The zero-order valence-electron chi connectivity index (χ0n) is 19.8. The fourth-order valence-electron chi connectivity index (χ4n) is 4.61. The van der Waals surface area contributed by atoms with Crippen LogP contribution in [0.5, 0.6) is 0 Å². The van der Waals surface area contributed by atoms with Crippen LogP contribution in [0.25, 0.3) is 38.8 Å². The summed E-state index contributed by atoms with van der Waals surface area (Å²) in [5.41, 5.74) is 5.38. The van der Waals surface area contributed by atoms with Crippen molar-refractivity contribution >= 4 is 39.3 Å². The highest BCUT2D eigenvalue weighted by atomic mass is 19.4. The third-order valence-electron chi connectivity index (χ3n) is 6.52. The minimum absolute atomic E-state index is 0.0193. The number of fused-ring (bicyclic) bond motifs is 2. The molecule has 1 amide bonds. The van der Waals surface area contributed by atoms with Gasteiger partial charge < -0.3 is 15.2 Å². The number of nitrogens with two attached hydrogens (primary N) is 1. The Bertz CT molecular complexity index is 1710. The van der Waals surface area contributed by atoms with Crippen molar-refractivity contribution < 1.29 is 26.9 Å². The number of carbonyl (C=O) groups excluding carboxylic acids is 1. The number of piperazine rings is 1. The molecule has 0 saturated carbocycles. The van der Waals surface area contributed by atoms with Crippen molar-refractivity contribution in [3.05, 3.63) is 60.2 Å². The molecule has 5 aromatic rings.